The summed E-state index contributed by atoms with van der Waals surface area (Å²) in [5, 5.41) is 2.57. The van der Waals surface area contributed by atoms with Crippen LogP contribution in [0.3, 0.4) is 0 Å². The van der Waals surface area contributed by atoms with Gasteiger partial charge >= 0.3 is 0 Å². The monoisotopic (exact) mass is 197 g/mol. The van der Waals surface area contributed by atoms with Crippen molar-refractivity contribution in [3.8, 4) is 0 Å². The van der Waals surface area contributed by atoms with Crippen LogP contribution in [0.25, 0.3) is 0 Å². The standard InChI is InChI=1S/C10H12FNO2/c1-2-14-7-10(13)12-9-5-3-8(11)4-6-9/h3-6H,2,7H2,1H3,(H,12,13). The first kappa shape index (κ1) is 10.7. The van der Waals surface area contributed by atoms with Gasteiger partial charge in [-0.3, -0.25) is 4.79 Å². The molecule has 0 heterocycles. The molecule has 0 saturated heterocycles. The van der Waals surface area contributed by atoms with Gasteiger partial charge < -0.3 is 10.1 Å². The molecule has 3 nitrogen and oxygen atoms in total. The van der Waals surface area contributed by atoms with Gasteiger partial charge in [-0.25, -0.2) is 4.39 Å². The Morgan fingerprint density at radius 1 is 1.43 bits per heavy atom. The van der Waals surface area contributed by atoms with Gasteiger partial charge in [0.1, 0.15) is 12.4 Å². The van der Waals surface area contributed by atoms with Crippen molar-refractivity contribution in [1.82, 2.24) is 0 Å². The fourth-order valence-electron chi connectivity index (χ4n) is 0.925. The van der Waals surface area contributed by atoms with E-state index in [1.54, 1.807) is 0 Å². The number of carbonyl (C=O) groups excluding carboxylic acids is 1. The van der Waals surface area contributed by atoms with E-state index in [-0.39, 0.29) is 18.3 Å². The van der Waals surface area contributed by atoms with Crippen LogP contribution in [0.5, 0.6) is 0 Å². The number of ether oxygens (including phenoxy) is 1. The third kappa shape index (κ3) is 3.53. The molecule has 1 rings (SSSR count). The molecule has 1 aromatic rings. The summed E-state index contributed by atoms with van der Waals surface area (Å²) in [6.45, 7) is 2.33. The number of rotatable bonds is 4. The third-order valence-electron chi connectivity index (χ3n) is 1.57. The van der Waals surface area contributed by atoms with Crippen molar-refractivity contribution in [2.24, 2.45) is 0 Å². The van der Waals surface area contributed by atoms with Crippen molar-refractivity contribution < 1.29 is 13.9 Å². The molecule has 4 heteroatoms. The van der Waals surface area contributed by atoms with Crippen LogP contribution in [-0.4, -0.2) is 19.1 Å². The Balaban J connectivity index is 2.44. The van der Waals surface area contributed by atoms with Gasteiger partial charge in [-0.2, -0.15) is 0 Å². The summed E-state index contributed by atoms with van der Waals surface area (Å²) in [4.78, 5) is 11.1. The molecule has 0 aromatic heterocycles. The van der Waals surface area contributed by atoms with Gasteiger partial charge in [-0.15, -0.1) is 0 Å². The first-order valence-corrected chi connectivity index (χ1v) is 4.35. The van der Waals surface area contributed by atoms with Crippen molar-refractivity contribution in [1.29, 1.82) is 0 Å². The highest BCUT2D eigenvalue weighted by atomic mass is 19.1. The Morgan fingerprint density at radius 3 is 2.64 bits per heavy atom. The zero-order valence-corrected chi connectivity index (χ0v) is 7.92. The highest BCUT2D eigenvalue weighted by molar-refractivity contribution is 5.91. The Morgan fingerprint density at radius 2 is 2.07 bits per heavy atom. The molecular formula is C10H12FNO2. The molecular weight excluding hydrogens is 185 g/mol. The Labute approximate surface area is 81.9 Å². The normalized spacial score (nSPS) is 9.86. The summed E-state index contributed by atoms with van der Waals surface area (Å²) in [7, 11) is 0. The van der Waals surface area contributed by atoms with E-state index in [9.17, 15) is 9.18 Å². The highest BCUT2D eigenvalue weighted by Gasteiger charge is 2.01. The minimum Gasteiger partial charge on any atom is -0.372 e. The van der Waals surface area contributed by atoms with Crippen molar-refractivity contribution in [3.63, 3.8) is 0 Å². The topological polar surface area (TPSA) is 38.3 Å². The van der Waals surface area contributed by atoms with Gasteiger partial charge in [0.2, 0.25) is 5.91 Å². The van der Waals surface area contributed by atoms with Crippen LogP contribution < -0.4 is 5.32 Å². The van der Waals surface area contributed by atoms with E-state index in [2.05, 4.69) is 5.32 Å². The lowest BCUT2D eigenvalue weighted by atomic mass is 10.3. The Kier molecular flexibility index (Phi) is 4.07. The van der Waals surface area contributed by atoms with Gasteiger partial charge in [0.25, 0.3) is 0 Å². The molecule has 0 bridgehead atoms. The molecule has 0 aliphatic carbocycles. The van der Waals surface area contributed by atoms with Crippen LogP contribution in [0.1, 0.15) is 6.92 Å². The molecule has 0 atom stereocenters. The second-order valence-corrected chi connectivity index (χ2v) is 2.69. The molecule has 0 fully saturated rings. The van der Waals surface area contributed by atoms with E-state index in [1.807, 2.05) is 6.92 Å². The second kappa shape index (κ2) is 5.34. The van der Waals surface area contributed by atoms with Crippen LogP contribution in [0.15, 0.2) is 24.3 Å². The molecule has 14 heavy (non-hydrogen) atoms. The molecule has 0 unspecified atom stereocenters. The van der Waals surface area contributed by atoms with E-state index >= 15 is 0 Å². The van der Waals surface area contributed by atoms with Crippen LogP contribution in [0, 0.1) is 5.82 Å². The number of carbonyl (C=O) groups is 1. The second-order valence-electron chi connectivity index (χ2n) is 2.69. The van der Waals surface area contributed by atoms with Gasteiger partial charge in [0, 0.05) is 12.3 Å². The van der Waals surface area contributed by atoms with Crippen molar-refractivity contribution in [3.05, 3.63) is 30.1 Å². The molecule has 1 amide bonds. The quantitative estimate of drug-likeness (QED) is 0.799. The lowest BCUT2D eigenvalue weighted by molar-refractivity contribution is -0.120. The SMILES string of the molecule is CCOCC(=O)Nc1ccc(F)cc1. The third-order valence-corrected chi connectivity index (χ3v) is 1.57. The van der Waals surface area contributed by atoms with E-state index in [0.29, 0.717) is 12.3 Å². The number of nitrogens with one attached hydrogen (secondary N) is 1. The maximum atomic E-state index is 12.5. The zero-order valence-electron chi connectivity index (χ0n) is 7.92. The van der Waals surface area contributed by atoms with E-state index in [0.717, 1.165) is 0 Å². The van der Waals surface area contributed by atoms with Crippen molar-refractivity contribution >= 4 is 11.6 Å². The Hall–Kier alpha value is -1.42. The smallest absolute Gasteiger partial charge is 0.250 e. The van der Waals surface area contributed by atoms with Gasteiger partial charge in [0.15, 0.2) is 0 Å². The Bertz CT molecular complexity index is 297. The summed E-state index contributed by atoms with van der Waals surface area (Å²) in [6.07, 6.45) is 0. The molecule has 0 spiro atoms. The largest absolute Gasteiger partial charge is 0.372 e. The summed E-state index contributed by atoms with van der Waals surface area (Å²) in [5.74, 6) is -0.564. The lowest BCUT2D eigenvalue weighted by Crippen LogP contribution is -2.18. The van der Waals surface area contributed by atoms with Crippen LogP contribution in [0.4, 0.5) is 10.1 Å². The van der Waals surface area contributed by atoms with Crippen LogP contribution >= 0.6 is 0 Å². The summed E-state index contributed by atoms with van der Waals surface area (Å²) in [6, 6.07) is 5.57. The summed E-state index contributed by atoms with van der Waals surface area (Å²) < 4.78 is 17.4. The molecule has 0 aliphatic heterocycles. The summed E-state index contributed by atoms with van der Waals surface area (Å²) >= 11 is 0. The number of halogens is 1. The molecule has 0 aliphatic rings. The van der Waals surface area contributed by atoms with Crippen molar-refractivity contribution in [2.75, 3.05) is 18.5 Å². The fourth-order valence-corrected chi connectivity index (χ4v) is 0.925. The number of amides is 1. The van der Waals surface area contributed by atoms with Crippen LogP contribution in [-0.2, 0) is 9.53 Å². The average Bonchev–Trinajstić information content (AvgIpc) is 2.18. The van der Waals surface area contributed by atoms with E-state index in [4.69, 9.17) is 4.74 Å². The molecule has 1 aromatic carbocycles. The fraction of sp³-hybridized carbons (Fsp3) is 0.300. The van der Waals surface area contributed by atoms with E-state index in [1.165, 1.54) is 24.3 Å². The van der Waals surface area contributed by atoms with E-state index < -0.39 is 0 Å². The molecule has 0 saturated carbocycles. The predicted molar refractivity (Wildman–Crippen MR) is 51.5 cm³/mol. The number of anilines is 1. The number of hydrogen-bond donors (Lipinski definition) is 1. The van der Waals surface area contributed by atoms with Crippen LogP contribution in [0.2, 0.25) is 0 Å². The molecule has 1 N–H and O–H groups in total. The van der Waals surface area contributed by atoms with Gasteiger partial charge in [0.05, 0.1) is 0 Å². The zero-order chi connectivity index (χ0) is 10.4. The minimum absolute atomic E-state index is 0.0217. The van der Waals surface area contributed by atoms with Crippen molar-refractivity contribution in [2.45, 2.75) is 6.92 Å². The lowest BCUT2D eigenvalue weighted by Gasteiger charge is -2.04. The number of hydrogen-bond acceptors (Lipinski definition) is 2. The first-order chi connectivity index (χ1) is 6.72. The summed E-state index contributed by atoms with van der Waals surface area (Å²) in [5.41, 5.74) is 0.566. The first-order valence-electron chi connectivity index (χ1n) is 4.35. The average molecular weight is 197 g/mol. The minimum atomic E-state index is -0.326. The predicted octanol–water partition coefficient (Wildman–Crippen LogP) is 1.80. The number of benzene rings is 1. The highest BCUT2D eigenvalue weighted by Crippen LogP contribution is 2.07. The maximum absolute atomic E-state index is 12.5. The molecule has 76 valence electrons. The molecule has 0 radical (unpaired) electrons. The van der Waals surface area contributed by atoms with Gasteiger partial charge in [-0.1, -0.05) is 0 Å². The maximum Gasteiger partial charge on any atom is 0.250 e. The van der Waals surface area contributed by atoms with Gasteiger partial charge in [-0.05, 0) is 31.2 Å².